The third-order valence-electron chi connectivity index (χ3n) is 2.91. The largest absolute Gasteiger partial charge is 0.391 e. The monoisotopic (exact) mass is 220 g/mol. The summed E-state index contributed by atoms with van der Waals surface area (Å²) in [5.41, 5.74) is 7.48. The summed E-state index contributed by atoms with van der Waals surface area (Å²) in [6.45, 7) is 0.463. The molecule has 1 saturated heterocycles. The Kier molecular flexibility index (Phi) is 3.22. The molecule has 4 nitrogen and oxygen atoms in total. The van der Waals surface area contributed by atoms with Crippen molar-refractivity contribution in [2.24, 2.45) is 5.73 Å². The van der Waals surface area contributed by atoms with Crippen molar-refractivity contribution in [3.63, 3.8) is 0 Å². The van der Waals surface area contributed by atoms with Crippen LogP contribution in [0.3, 0.4) is 0 Å². The fraction of sp³-hybridized carbons (Fsp3) is 0.417. The molecular formula is C12H16N2O2. The van der Waals surface area contributed by atoms with Crippen LogP contribution in [0.4, 0.5) is 0 Å². The standard InChI is InChI=1S/C12H16N2O2/c13-7-8-2-1-3-9(6-8)12-10(15)4-5-11(16)14-12/h1-3,6,10,12,15H,4-5,7,13H2,(H,14,16). The van der Waals surface area contributed by atoms with Crippen LogP contribution in [0.25, 0.3) is 0 Å². The highest BCUT2D eigenvalue weighted by molar-refractivity contribution is 5.77. The van der Waals surface area contributed by atoms with E-state index in [4.69, 9.17) is 5.73 Å². The molecule has 1 fully saturated rings. The Balaban J connectivity index is 2.24. The van der Waals surface area contributed by atoms with E-state index in [1.165, 1.54) is 0 Å². The molecule has 1 aromatic carbocycles. The predicted molar refractivity (Wildman–Crippen MR) is 60.5 cm³/mol. The van der Waals surface area contributed by atoms with E-state index in [0.717, 1.165) is 11.1 Å². The molecule has 1 heterocycles. The fourth-order valence-corrected chi connectivity index (χ4v) is 2.01. The summed E-state index contributed by atoms with van der Waals surface area (Å²) < 4.78 is 0. The van der Waals surface area contributed by atoms with E-state index in [-0.39, 0.29) is 11.9 Å². The van der Waals surface area contributed by atoms with Crippen molar-refractivity contribution in [3.05, 3.63) is 35.4 Å². The van der Waals surface area contributed by atoms with Gasteiger partial charge in [-0.1, -0.05) is 24.3 Å². The van der Waals surface area contributed by atoms with Gasteiger partial charge in [0, 0.05) is 13.0 Å². The summed E-state index contributed by atoms with van der Waals surface area (Å²) in [4.78, 5) is 11.3. The maximum Gasteiger partial charge on any atom is 0.220 e. The van der Waals surface area contributed by atoms with Gasteiger partial charge < -0.3 is 16.2 Å². The van der Waals surface area contributed by atoms with Gasteiger partial charge in [0.2, 0.25) is 5.91 Å². The minimum Gasteiger partial charge on any atom is -0.391 e. The van der Waals surface area contributed by atoms with Gasteiger partial charge in [0.15, 0.2) is 0 Å². The van der Waals surface area contributed by atoms with Gasteiger partial charge in [0.25, 0.3) is 0 Å². The fourth-order valence-electron chi connectivity index (χ4n) is 2.01. The molecule has 1 aromatic rings. The maximum absolute atomic E-state index is 11.3. The molecule has 1 aliphatic heterocycles. The number of rotatable bonds is 2. The molecule has 1 amide bonds. The van der Waals surface area contributed by atoms with Gasteiger partial charge in [-0.2, -0.15) is 0 Å². The zero-order valence-electron chi connectivity index (χ0n) is 9.02. The Morgan fingerprint density at radius 2 is 2.31 bits per heavy atom. The van der Waals surface area contributed by atoms with Crippen LogP contribution in [-0.4, -0.2) is 17.1 Å². The lowest BCUT2D eigenvalue weighted by molar-refractivity contribution is -0.126. The minimum absolute atomic E-state index is 0.00606. The van der Waals surface area contributed by atoms with Gasteiger partial charge in [0.05, 0.1) is 12.1 Å². The van der Waals surface area contributed by atoms with Gasteiger partial charge in [-0.3, -0.25) is 4.79 Å². The summed E-state index contributed by atoms with van der Waals surface area (Å²) in [6.07, 6.45) is 0.406. The molecule has 0 aliphatic carbocycles. The highest BCUT2D eigenvalue weighted by Gasteiger charge is 2.28. The number of carbonyl (C=O) groups excluding carboxylic acids is 1. The molecule has 0 bridgehead atoms. The highest BCUT2D eigenvalue weighted by atomic mass is 16.3. The van der Waals surface area contributed by atoms with Crippen LogP contribution in [0, 0.1) is 0 Å². The van der Waals surface area contributed by atoms with Gasteiger partial charge in [-0.25, -0.2) is 0 Å². The van der Waals surface area contributed by atoms with Crippen molar-refractivity contribution in [3.8, 4) is 0 Å². The number of piperidine rings is 1. The van der Waals surface area contributed by atoms with E-state index >= 15 is 0 Å². The van der Waals surface area contributed by atoms with Crippen molar-refractivity contribution >= 4 is 5.91 Å². The van der Waals surface area contributed by atoms with E-state index in [2.05, 4.69) is 5.32 Å². The number of nitrogens with two attached hydrogens (primary N) is 1. The van der Waals surface area contributed by atoms with E-state index < -0.39 is 6.10 Å². The van der Waals surface area contributed by atoms with Gasteiger partial charge in [-0.05, 0) is 17.5 Å². The molecule has 16 heavy (non-hydrogen) atoms. The summed E-state index contributed by atoms with van der Waals surface area (Å²) in [5, 5.41) is 12.7. The first-order valence-electron chi connectivity index (χ1n) is 5.47. The van der Waals surface area contributed by atoms with E-state index in [9.17, 15) is 9.90 Å². The predicted octanol–water partition coefficient (Wildman–Crippen LogP) is 0.457. The van der Waals surface area contributed by atoms with Gasteiger partial charge >= 0.3 is 0 Å². The molecule has 2 unspecified atom stereocenters. The molecule has 0 aromatic heterocycles. The van der Waals surface area contributed by atoms with Gasteiger partial charge in [0.1, 0.15) is 0 Å². The molecule has 2 atom stereocenters. The number of hydrogen-bond acceptors (Lipinski definition) is 3. The molecule has 4 N–H and O–H groups in total. The molecule has 2 rings (SSSR count). The van der Waals surface area contributed by atoms with E-state index in [1.807, 2.05) is 24.3 Å². The summed E-state index contributed by atoms with van der Waals surface area (Å²) in [6, 6.07) is 7.36. The molecule has 0 saturated carbocycles. The highest BCUT2D eigenvalue weighted by Crippen LogP contribution is 2.24. The third kappa shape index (κ3) is 2.23. The van der Waals surface area contributed by atoms with Gasteiger partial charge in [-0.15, -0.1) is 0 Å². The second-order valence-corrected chi connectivity index (χ2v) is 4.10. The first kappa shape index (κ1) is 11.1. The first-order valence-corrected chi connectivity index (χ1v) is 5.47. The van der Waals surface area contributed by atoms with Crippen LogP contribution in [0.5, 0.6) is 0 Å². The Morgan fingerprint density at radius 3 is 3.06 bits per heavy atom. The van der Waals surface area contributed by atoms with E-state index in [0.29, 0.717) is 19.4 Å². The molecular weight excluding hydrogens is 204 g/mol. The lowest BCUT2D eigenvalue weighted by Gasteiger charge is -2.29. The number of aliphatic hydroxyl groups excluding tert-OH is 1. The second kappa shape index (κ2) is 4.63. The Hall–Kier alpha value is -1.39. The molecule has 1 aliphatic rings. The zero-order chi connectivity index (χ0) is 11.5. The SMILES string of the molecule is NCc1cccc(C2NC(=O)CCC2O)c1. The Labute approximate surface area is 94.5 Å². The number of hydrogen-bond donors (Lipinski definition) is 3. The second-order valence-electron chi connectivity index (χ2n) is 4.10. The lowest BCUT2D eigenvalue weighted by Crippen LogP contribution is -2.41. The average molecular weight is 220 g/mol. The normalized spacial score (nSPS) is 25.2. The topological polar surface area (TPSA) is 75.3 Å². The smallest absolute Gasteiger partial charge is 0.220 e. The zero-order valence-corrected chi connectivity index (χ0v) is 9.02. The van der Waals surface area contributed by atoms with E-state index in [1.54, 1.807) is 0 Å². The van der Waals surface area contributed by atoms with Crippen LogP contribution in [0.2, 0.25) is 0 Å². The minimum atomic E-state index is -0.509. The Bertz CT molecular complexity index is 392. The number of carbonyl (C=O) groups is 1. The summed E-state index contributed by atoms with van der Waals surface area (Å²) in [5.74, 6) is -0.00606. The molecule has 86 valence electrons. The van der Waals surface area contributed by atoms with Crippen molar-refractivity contribution < 1.29 is 9.90 Å². The van der Waals surface area contributed by atoms with Crippen molar-refractivity contribution in [1.29, 1.82) is 0 Å². The molecule has 0 radical (unpaired) electrons. The first-order chi connectivity index (χ1) is 7.70. The van der Waals surface area contributed by atoms with Crippen molar-refractivity contribution in [2.75, 3.05) is 0 Å². The number of aliphatic hydroxyl groups is 1. The van der Waals surface area contributed by atoms with Crippen LogP contribution < -0.4 is 11.1 Å². The van der Waals surface area contributed by atoms with Crippen molar-refractivity contribution in [1.82, 2.24) is 5.32 Å². The van der Waals surface area contributed by atoms with Crippen molar-refractivity contribution in [2.45, 2.75) is 31.5 Å². The van der Waals surface area contributed by atoms with Crippen LogP contribution >= 0.6 is 0 Å². The molecule has 4 heteroatoms. The van der Waals surface area contributed by atoms with Crippen LogP contribution in [0.1, 0.15) is 30.0 Å². The molecule has 0 spiro atoms. The van der Waals surface area contributed by atoms with Crippen LogP contribution in [-0.2, 0) is 11.3 Å². The maximum atomic E-state index is 11.3. The van der Waals surface area contributed by atoms with Crippen LogP contribution in [0.15, 0.2) is 24.3 Å². The number of benzene rings is 1. The quantitative estimate of drug-likeness (QED) is 0.677. The number of amides is 1. The summed E-state index contributed by atoms with van der Waals surface area (Å²) >= 11 is 0. The Morgan fingerprint density at radius 1 is 1.50 bits per heavy atom. The third-order valence-corrected chi connectivity index (χ3v) is 2.91. The lowest BCUT2D eigenvalue weighted by atomic mass is 9.93. The summed E-state index contributed by atoms with van der Waals surface area (Å²) in [7, 11) is 0. The average Bonchev–Trinajstić information content (AvgIpc) is 2.32. The number of nitrogens with one attached hydrogen (secondary N) is 1.